The highest BCUT2D eigenvalue weighted by Gasteiger charge is 2.76. The Kier molecular flexibility index (Phi) is 3.22. The van der Waals surface area contributed by atoms with Gasteiger partial charge in [-0.25, -0.2) is 4.74 Å². The van der Waals surface area contributed by atoms with Gasteiger partial charge in [0.1, 0.15) is 0 Å². The molecule has 92 valence electrons. The monoisotopic (exact) mass is 254 g/mol. The summed E-state index contributed by atoms with van der Waals surface area (Å²) in [6, 6.07) is 0. The third-order valence-electron chi connectivity index (χ3n) is 0.965. The molecule has 0 aromatic carbocycles. The lowest BCUT2D eigenvalue weighted by molar-refractivity contribution is -0.495. The first-order valence-corrected chi connectivity index (χ1v) is 2.80. The average molecular weight is 254 g/mol. The minimum absolute atomic E-state index is 1.41. The molecular formula is C4F10O. The predicted octanol–water partition coefficient (Wildman–Crippen LogP) is 3.31. The summed E-state index contributed by atoms with van der Waals surface area (Å²) in [5.41, 5.74) is 0. The highest BCUT2D eigenvalue weighted by Crippen LogP contribution is 2.48. The van der Waals surface area contributed by atoms with Crippen LogP contribution in [0.1, 0.15) is 0 Å². The maximum atomic E-state index is 11.8. The van der Waals surface area contributed by atoms with Crippen LogP contribution >= 0.6 is 0 Å². The second-order valence-electron chi connectivity index (χ2n) is 2.14. The summed E-state index contributed by atoms with van der Waals surface area (Å²) in [7, 11) is 0. The molecule has 0 saturated carbocycles. The Morgan fingerprint density at radius 2 is 0.933 bits per heavy atom. The maximum Gasteiger partial charge on any atom is 0.527 e. The van der Waals surface area contributed by atoms with E-state index in [0.29, 0.717) is 0 Å². The molecule has 0 aromatic rings. The van der Waals surface area contributed by atoms with Gasteiger partial charge in [-0.05, 0) is 0 Å². The lowest BCUT2D eigenvalue weighted by atomic mass is 10.3. The Hall–Kier alpha value is -0.740. The van der Waals surface area contributed by atoms with Crippen LogP contribution in [0.5, 0.6) is 0 Å². The number of hydrogen-bond acceptors (Lipinski definition) is 1. The molecule has 0 unspecified atom stereocenters. The topological polar surface area (TPSA) is 9.23 Å². The van der Waals surface area contributed by atoms with Gasteiger partial charge >= 0.3 is 24.6 Å². The van der Waals surface area contributed by atoms with Gasteiger partial charge in [-0.3, -0.25) is 0 Å². The molecule has 1 nitrogen and oxygen atoms in total. The molecule has 0 aliphatic rings. The van der Waals surface area contributed by atoms with E-state index in [1.807, 2.05) is 0 Å². The second kappa shape index (κ2) is 3.39. The molecule has 0 aliphatic carbocycles. The minimum atomic E-state index is -6.94. The summed E-state index contributed by atoms with van der Waals surface area (Å²) in [6.45, 7) is 0. The first-order valence-electron chi connectivity index (χ1n) is 2.80. The number of rotatable bonds is 2. The smallest absolute Gasteiger partial charge is 0.221 e. The molecule has 0 aliphatic heterocycles. The first-order chi connectivity index (χ1) is 6.21. The number of alkyl halides is 10. The molecule has 0 spiro atoms. The van der Waals surface area contributed by atoms with E-state index in [4.69, 9.17) is 0 Å². The van der Waals surface area contributed by atoms with Crippen molar-refractivity contribution >= 4 is 0 Å². The highest BCUT2D eigenvalue weighted by molar-refractivity contribution is 4.85. The minimum Gasteiger partial charge on any atom is -0.221 e. The van der Waals surface area contributed by atoms with E-state index in [2.05, 4.69) is 0 Å². The van der Waals surface area contributed by atoms with Crippen LogP contribution in [0.4, 0.5) is 43.9 Å². The molecule has 0 fully saturated rings. The van der Waals surface area contributed by atoms with Gasteiger partial charge in [0.25, 0.3) is 0 Å². The summed E-state index contributed by atoms with van der Waals surface area (Å²) in [5.74, 6) is -6.94. The number of ether oxygens (including phenoxy) is 1. The van der Waals surface area contributed by atoms with Crippen molar-refractivity contribution in [3.63, 3.8) is 0 Å². The molecule has 15 heavy (non-hydrogen) atoms. The second-order valence-corrected chi connectivity index (χ2v) is 2.14. The Balaban J connectivity index is 5.03. The Bertz CT molecular complexity index is 223. The Morgan fingerprint density at radius 1 is 0.600 bits per heavy atom. The van der Waals surface area contributed by atoms with E-state index in [-0.39, 0.29) is 0 Å². The summed E-state index contributed by atoms with van der Waals surface area (Å²) in [4.78, 5) is 0. The average Bonchev–Trinajstić information content (AvgIpc) is 1.77. The van der Waals surface area contributed by atoms with Crippen molar-refractivity contribution in [1.29, 1.82) is 0 Å². The molecule has 0 aromatic heterocycles. The quantitative estimate of drug-likeness (QED) is 0.687. The highest BCUT2D eigenvalue weighted by atomic mass is 19.4. The molecule has 0 heterocycles. The van der Waals surface area contributed by atoms with Gasteiger partial charge in [0.15, 0.2) is 0 Å². The summed E-state index contributed by atoms with van der Waals surface area (Å²) < 4.78 is 115. The molecule has 0 saturated heterocycles. The van der Waals surface area contributed by atoms with Crippen molar-refractivity contribution < 1.29 is 48.6 Å². The third-order valence-corrected chi connectivity index (χ3v) is 0.965. The van der Waals surface area contributed by atoms with Crippen LogP contribution in [-0.4, -0.2) is 24.6 Å². The van der Waals surface area contributed by atoms with Crippen LogP contribution in [0, 0.1) is 0 Å². The van der Waals surface area contributed by atoms with Gasteiger partial charge in [0.2, 0.25) is 0 Å². The SMILES string of the molecule is FC(F)(F)OC(F)(F)C(F)(F)C(F)(F)F. The fourth-order valence-electron chi connectivity index (χ4n) is 0.374. The summed E-state index contributed by atoms with van der Waals surface area (Å²) in [6.07, 6.45) is -19.9. The lowest BCUT2D eigenvalue weighted by Crippen LogP contribution is -2.55. The zero-order valence-corrected chi connectivity index (χ0v) is 6.19. The zero-order valence-electron chi connectivity index (χ0n) is 6.19. The van der Waals surface area contributed by atoms with Crippen molar-refractivity contribution in [1.82, 2.24) is 0 Å². The van der Waals surface area contributed by atoms with Crippen molar-refractivity contribution in [2.75, 3.05) is 0 Å². The van der Waals surface area contributed by atoms with Crippen molar-refractivity contribution in [2.45, 2.75) is 24.6 Å². The van der Waals surface area contributed by atoms with Gasteiger partial charge in [0.05, 0.1) is 0 Å². The fraction of sp³-hybridized carbons (Fsp3) is 1.00. The van der Waals surface area contributed by atoms with E-state index in [9.17, 15) is 43.9 Å². The zero-order chi connectivity index (χ0) is 12.7. The molecule has 0 radical (unpaired) electrons. The van der Waals surface area contributed by atoms with Gasteiger partial charge in [-0.15, -0.1) is 13.2 Å². The summed E-state index contributed by atoms with van der Waals surface area (Å²) in [5, 5.41) is 0. The van der Waals surface area contributed by atoms with Crippen LogP contribution in [0.15, 0.2) is 0 Å². The normalized spacial score (nSPS) is 15.6. The standard InChI is InChI=1S/C4F10O/c5-1(6,2(7,8)9)3(10,11)15-4(12,13)14. The molecule has 0 atom stereocenters. The molecule has 11 heteroatoms. The number of hydrogen-bond donors (Lipinski definition) is 0. The first kappa shape index (κ1) is 14.3. The van der Waals surface area contributed by atoms with Gasteiger partial charge in [-0.1, -0.05) is 0 Å². The Morgan fingerprint density at radius 3 is 1.13 bits per heavy atom. The van der Waals surface area contributed by atoms with Crippen LogP contribution in [0.3, 0.4) is 0 Å². The molecular weight excluding hydrogens is 254 g/mol. The van der Waals surface area contributed by atoms with Crippen molar-refractivity contribution in [3.8, 4) is 0 Å². The van der Waals surface area contributed by atoms with Gasteiger partial charge in [0, 0.05) is 0 Å². The molecule has 0 rings (SSSR count). The van der Waals surface area contributed by atoms with Crippen molar-refractivity contribution in [2.24, 2.45) is 0 Å². The Labute approximate surface area is 74.6 Å². The van der Waals surface area contributed by atoms with E-state index < -0.39 is 24.6 Å². The number of halogens is 10. The van der Waals surface area contributed by atoms with Crippen LogP contribution in [0.25, 0.3) is 0 Å². The van der Waals surface area contributed by atoms with Gasteiger partial charge in [-0.2, -0.15) is 30.7 Å². The van der Waals surface area contributed by atoms with Crippen LogP contribution in [0.2, 0.25) is 0 Å². The van der Waals surface area contributed by atoms with Crippen LogP contribution < -0.4 is 0 Å². The van der Waals surface area contributed by atoms with E-state index >= 15 is 0 Å². The summed E-state index contributed by atoms with van der Waals surface area (Å²) >= 11 is 0. The van der Waals surface area contributed by atoms with Gasteiger partial charge < -0.3 is 0 Å². The van der Waals surface area contributed by atoms with E-state index in [0.717, 1.165) is 0 Å². The van der Waals surface area contributed by atoms with Crippen molar-refractivity contribution in [3.05, 3.63) is 0 Å². The molecule has 0 bridgehead atoms. The maximum absolute atomic E-state index is 11.8. The van der Waals surface area contributed by atoms with E-state index in [1.165, 1.54) is 4.74 Å². The molecule has 0 N–H and O–H groups in total. The molecule has 0 amide bonds. The lowest BCUT2D eigenvalue weighted by Gasteiger charge is -2.27. The third kappa shape index (κ3) is 3.11. The largest absolute Gasteiger partial charge is 0.527 e. The fourth-order valence-corrected chi connectivity index (χ4v) is 0.374. The van der Waals surface area contributed by atoms with E-state index in [1.54, 1.807) is 0 Å². The predicted molar refractivity (Wildman–Crippen MR) is 23.1 cm³/mol. The van der Waals surface area contributed by atoms with Crippen LogP contribution in [-0.2, 0) is 4.74 Å².